The highest BCUT2D eigenvalue weighted by molar-refractivity contribution is 9.10. The summed E-state index contributed by atoms with van der Waals surface area (Å²) in [7, 11) is 1.75. The summed E-state index contributed by atoms with van der Waals surface area (Å²) in [6.45, 7) is 7.27. The molecule has 0 saturated carbocycles. The van der Waals surface area contributed by atoms with Gasteiger partial charge in [-0.1, -0.05) is 28.9 Å². The quantitative estimate of drug-likeness (QED) is 0.830. The van der Waals surface area contributed by atoms with Gasteiger partial charge in [0.1, 0.15) is 5.75 Å². The van der Waals surface area contributed by atoms with Crippen LogP contribution in [0.1, 0.15) is 34.5 Å². The lowest BCUT2D eigenvalue weighted by molar-refractivity contribution is 0.401. The van der Waals surface area contributed by atoms with Crippen molar-refractivity contribution >= 4 is 27.3 Å². The van der Waals surface area contributed by atoms with E-state index in [1.807, 2.05) is 0 Å². The van der Waals surface area contributed by atoms with Gasteiger partial charge < -0.3 is 10.1 Å². The van der Waals surface area contributed by atoms with Crippen LogP contribution in [0.2, 0.25) is 0 Å². The summed E-state index contributed by atoms with van der Waals surface area (Å²) in [5.74, 6) is 0.977. The Bertz CT molecular complexity index is 581. The number of aryl methyl sites for hydroxylation is 1. The SMILES string of the molecule is CCNC(c1cccs1)c1c(C)c(Br)cc(C)c1OC. The first-order valence-corrected chi connectivity index (χ1v) is 8.37. The predicted octanol–water partition coefficient (Wildman–Crippen LogP) is 4.83. The lowest BCUT2D eigenvalue weighted by Gasteiger charge is -2.24. The third-order valence-corrected chi connectivity index (χ3v) is 5.20. The van der Waals surface area contributed by atoms with Crippen LogP contribution >= 0.6 is 27.3 Å². The van der Waals surface area contributed by atoms with Gasteiger partial charge in [0.25, 0.3) is 0 Å². The first-order chi connectivity index (χ1) is 9.60. The van der Waals surface area contributed by atoms with Crippen molar-refractivity contribution in [1.29, 1.82) is 0 Å². The van der Waals surface area contributed by atoms with Crippen molar-refractivity contribution in [3.05, 3.63) is 49.6 Å². The van der Waals surface area contributed by atoms with Crippen LogP contribution in [0.25, 0.3) is 0 Å². The Hall–Kier alpha value is -0.840. The van der Waals surface area contributed by atoms with Gasteiger partial charge in [0.05, 0.1) is 13.2 Å². The van der Waals surface area contributed by atoms with Gasteiger partial charge in [0.2, 0.25) is 0 Å². The Balaban J connectivity index is 2.64. The van der Waals surface area contributed by atoms with Crippen LogP contribution in [0.5, 0.6) is 5.75 Å². The second-order valence-electron chi connectivity index (χ2n) is 4.75. The second-order valence-corrected chi connectivity index (χ2v) is 6.59. The molecular formula is C16H20BrNOS. The molecule has 2 rings (SSSR count). The molecule has 0 radical (unpaired) electrons. The van der Waals surface area contributed by atoms with E-state index in [2.05, 4.69) is 65.6 Å². The minimum atomic E-state index is 0.172. The van der Waals surface area contributed by atoms with E-state index < -0.39 is 0 Å². The summed E-state index contributed by atoms with van der Waals surface area (Å²) in [6.07, 6.45) is 0. The van der Waals surface area contributed by atoms with E-state index in [0.717, 1.165) is 22.3 Å². The number of methoxy groups -OCH3 is 1. The standard InChI is InChI=1S/C16H20BrNOS/c1-5-18-15(13-7-6-8-20-13)14-11(3)12(17)9-10(2)16(14)19-4/h6-9,15,18H,5H2,1-4H3. The zero-order valence-corrected chi connectivity index (χ0v) is 14.7. The number of thiophene rings is 1. The molecule has 0 fully saturated rings. The predicted molar refractivity (Wildman–Crippen MR) is 90.0 cm³/mol. The maximum absolute atomic E-state index is 5.68. The van der Waals surface area contributed by atoms with E-state index in [1.54, 1.807) is 18.4 Å². The Morgan fingerprint density at radius 3 is 2.70 bits per heavy atom. The molecule has 0 aliphatic heterocycles. The van der Waals surface area contributed by atoms with Gasteiger partial charge in [0, 0.05) is 14.9 Å². The molecule has 108 valence electrons. The molecule has 0 amide bonds. The van der Waals surface area contributed by atoms with Gasteiger partial charge in [0.15, 0.2) is 0 Å². The Morgan fingerprint density at radius 1 is 1.40 bits per heavy atom. The van der Waals surface area contributed by atoms with Gasteiger partial charge in [-0.2, -0.15) is 0 Å². The molecular weight excluding hydrogens is 334 g/mol. The average Bonchev–Trinajstić information content (AvgIpc) is 2.94. The topological polar surface area (TPSA) is 21.3 Å². The first-order valence-electron chi connectivity index (χ1n) is 6.70. The molecule has 0 aliphatic rings. The fourth-order valence-electron chi connectivity index (χ4n) is 2.50. The highest BCUT2D eigenvalue weighted by Crippen LogP contribution is 2.39. The first kappa shape index (κ1) is 15.5. The molecule has 0 spiro atoms. The van der Waals surface area contributed by atoms with Crippen LogP contribution in [0.4, 0.5) is 0 Å². The minimum absolute atomic E-state index is 0.172. The molecule has 0 saturated heterocycles. The normalized spacial score (nSPS) is 12.4. The molecule has 1 aromatic heterocycles. The lowest BCUT2D eigenvalue weighted by atomic mass is 9.96. The Labute approximate surface area is 133 Å². The Morgan fingerprint density at radius 2 is 2.15 bits per heavy atom. The van der Waals surface area contributed by atoms with Crippen molar-refractivity contribution in [2.45, 2.75) is 26.8 Å². The molecule has 2 nitrogen and oxygen atoms in total. The molecule has 4 heteroatoms. The zero-order chi connectivity index (χ0) is 14.7. The molecule has 1 atom stereocenters. The molecule has 1 N–H and O–H groups in total. The van der Waals surface area contributed by atoms with Crippen molar-refractivity contribution in [2.75, 3.05) is 13.7 Å². The second kappa shape index (κ2) is 6.74. The van der Waals surface area contributed by atoms with Crippen molar-refractivity contribution < 1.29 is 4.74 Å². The van der Waals surface area contributed by atoms with E-state index in [1.165, 1.54) is 16.0 Å². The highest BCUT2D eigenvalue weighted by Gasteiger charge is 2.23. The molecule has 1 aromatic carbocycles. The average molecular weight is 354 g/mol. The maximum Gasteiger partial charge on any atom is 0.127 e. The summed E-state index contributed by atoms with van der Waals surface area (Å²) in [5.41, 5.74) is 3.61. The highest BCUT2D eigenvalue weighted by atomic mass is 79.9. The molecule has 1 unspecified atom stereocenters. The largest absolute Gasteiger partial charge is 0.496 e. The number of halogens is 1. The van der Waals surface area contributed by atoms with E-state index in [4.69, 9.17) is 4.74 Å². The number of hydrogen-bond donors (Lipinski definition) is 1. The van der Waals surface area contributed by atoms with E-state index in [-0.39, 0.29) is 6.04 Å². The van der Waals surface area contributed by atoms with Gasteiger partial charge in [-0.15, -0.1) is 11.3 Å². The van der Waals surface area contributed by atoms with Crippen molar-refractivity contribution in [1.82, 2.24) is 5.32 Å². The summed E-state index contributed by atoms with van der Waals surface area (Å²) < 4.78 is 6.81. The monoisotopic (exact) mass is 353 g/mol. The molecule has 1 heterocycles. The van der Waals surface area contributed by atoms with Crippen LogP contribution < -0.4 is 10.1 Å². The van der Waals surface area contributed by atoms with Gasteiger partial charge in [-0.05, 0) is 49.0 Å². The van der Waals surface area contributed by atoms with Crippen LogP contribution in [-0.4, -0.2) is 13.7 Å². The number of rotatable bonds is 5. The van der Waals surface area contributed by atoms with Gasteiger partial charge in [-0.3, -0.25) is 0 Å². The van der Waals surface area contributed by atoms with Crippen molar-refractivity contribution in [3.8, 4) is 5.75 Å². The summed E-state index contributed by atoms with van der Waals surface area (Å²) >= 11 is 5.44. The summed E-state index contributed by atoms with van der Waals surface area (Å²) in [4.78, 5) is 1.31. The van der Waals surface area contributed by atoms with E-state index >= 15 is 0 Å². The third-order valence-electron chi connectivity index (χ3n) is 3.44. The zero-order valence-electron chi connectivity index (χ0n) is 12.3. The van der Waals surface area contributed by atoms with Crippen molar-refractivity contribution in [2.24, 2.45) is 0 Å². The number of nitrogens with one attached hydrogen (secondary N) is 1. The lowest BCUT2D eigenvalue weighted by Crippen LogP contribution is -2.23. The molecule has 20 heavy (non-hydrogen) atoms. The van der Waals surface area contributed by atoms with Crippen LogP contribution in [0, 0.1) is 13.8 Å². The fourth-order valence-corrected chi connectivity index (χ4v) is 3.86. The van der Waals surface area contributed by atoms with E-state index in [0.29, 0.717) is 0 Å². The van der Waals surface area contributed by atoms with Crippen LogP contribution in [0.3, 0.4) is 0 Å². The fraction of sp³-hybridized carbons (Fsp3) is 0.375. The maximum atomic E-state index is 5.68. The number of ether oxygens (including phenoxy) is 1. The van der Waals surface area contributed by atoms with Crippen molar-refractivity contribution in [3.63, 3.8) is 0 Å². The van der Waals surface area contributed by atoms with Crippen LogP contribution in [-0.2, 0) is 0 Å². The summed E-state index contributed by atoms with van der Waals surface area (Å²) in [5, 5.41) is 5.70. The van der Waals surface area contributed by atoms with Crippen LogP contribution in [0.15, 0.2) is 28.1 Å². The van der Waals surface area contributed by atoms with E-state index in [9.17, 15) is 0 Å². The molecule has 0 bridgehead atoms. The van der Waals surface area contributed by atoms with Gasteiger partial charge >= 0.3 is 0 Å². The number of benzene rings is 1. The number of hydrogen-bond acceptors (Lipinski definition) is 3. The van der Waals surface area contributed by atoms with Gasteiger partial charge in [-0.25, -0.2) is 0 Å². The smallest absolute Gasteiger partial charge is 0.127 e. The third kappa shape index (κ3) is 2.92. The minimum Gasteiger partial charge on any atom is -0.496 e. The summed E-state index contributed by atoms with van der Waals surface area (Å²) in [6, 6.07) is 6.56. The molecule has 0 aliphatic carbocycles. The Kier molecular flexibility index (Phi) is 5.24. The molecule has 2 aromatic rings.